The molecule has 0 spiro atoms. The van der Waals surface area contributed by atoms with Gasteiger partial charge in [-0.15, -0.1) is 11.6 Å². The fourth-order valence-corrected chi connectivity index (χ4v) is 2.92. The van der Waals surface area contributed by atoms with Gasteiger partial charge in [0.25, 0.3) is 0 Å². The van der Waals surface area contributed by atoms with Gasteiger partial charge < -0.3 is 0 Å². The number of halogens is 1. The summed E-state index contributed by atoms with van der Waals surface area (Å²) in [6.07, 6.45) is 1.62. The van der Waals surface area contributed by atoms with Crippen molar-refractivity contribution in [3.63, 3.8) is 0 Å². The summed E-state index contributed by atoms with van der Waals surface area (Å²) in [4.78, 5) is 4.80. The van der Waals surface area contributed by atoms with E-state index >= 15 is 0 Å². The third kappa shape index (κ3) is 2.33. The molecule has 4 nitrogen and oxygen atoms in total. The number of rotatable bonds is 4. The number of aromatic nitrogens is 4. The second kappa shape index (κ2) is 5.53. The Hall–Kier alpha value is -1.81. The molecule has 0 unspecified atom stereocenters. The number of hydrogen-bond donors (Lipinski definition) is 0. The Labute approximate surface area is 129 Å². The molecule has 0 radical (unpaired) electrons. The highest BCUT2D eigenvalue weighted by molar-refractivity contribution is 6.17. The van der Waals surface area contributed by atoms with Crippen LogP contribution < -0.4 is 0 Å². The summed E-state index contributed by atoms with van der Waals surface area (Å²) < 4.78 is 4.10. The van der Waals surface area contributed by atoms with Crippen molar-refractivity contribution in [1.29, 1.82) is 0 Å². The first-order valence-corrected chi connectivity index (χ1v) is 7.75. The van der Waals surface area contributed by atoms with Crippen molar-refractivity contribution in [2.45, 2.75) is 26.7 Å². The van der Waals surface area contributed by atoms with E-state index in [0.29, 0.717) is 5.88 Å². The van der Waals surface area contributed by atoms with Crippen LogP contribution in [0.2, 0.25) is 0 Å². The highest BCUT2D eigenvalue weighted by atomic mass is 35.5. The van der Waals surface area contributed by atoms with Gasteiger partial charge in [0, 0.05) is 25.0 Å². The number of aryl methyl sites for hydroxylation is 4. The predicted octanol–water partition coefficient (Wildman–Crippen LogP) is 3.41. The first kappa shape index (κ1) is 14.1. The Morgan fingerprint density at radius 3 is 2.76 bits per heavy atom. The lowest BCUT2D eigenvalue weighted by Gasteiger charge is -2.09. The van der Waals surface area contributed by atoms with Gasteiger partial charge in [0.2, 0.25) is 0 Å². The molecule has 21 heavy (non-hydrogen) atoms. The molecule has 3 rings (SSSR count). The first-order chi connectivity index (χ1) is 10.2. The number of imidazole rings is 1. The molecule has 0 aliphatic rings. The van der Waals surface area contributed by atoms with Crippen LogP contribution >= 0.6 is 11.6 Å². The van der Waals surface area contributed by atoms with Crippen molar-refractivity contribution in [1.82, 2.24) is 19.3 Å². The second-order valence-electron chi connectivity index (χ2n) is 5.24. The van der Waals surface area contributed by atoms with Crippen molar-refractivity contribution < 1.29 is 0 Å². The molecule has 1 aromatic carbocycles. The van der Waals surface area contributed by atoms with E-state index in [0.717, 1.165) is 41.2 Å². The fraction of sp³-hybridized carbons (Fsp3) is 0.375. The quantitative estimate of drug-likeness (QED) is 0.692. The molecular weight excluding hydrogens is 284 g/mol. The van der Waals surface area contributed by atoms with Gasteiger partial charge in [-0.3, -0.25) is 4.57 Å². The summed E-state index contributed by atoms with van der Waals surface area (Å²) in [5.41, 5.74) is 5.40. The van der Waals surface area contributed by atoms with Gasteiger partial charge in [0.15, 0.2) is 5.65 Å². The van der Waals surface area contributed by atoms with Crippen LogP contribution in [0.25, 0.3) is 16.9 Å². The average molecular weight is 303 g/mol. The third-order valence-electron chi connectivity index (χ3n) is 3.69. The lowest BCUT2D eigenvalue weighted by molar-refractivity contribution is 0.741. The van der Waals surface area contributed by atoms with Crippen molar-refractivity contribution in [3.05, 3.63) is 41.3 Å². The van der Waals surface area contributed by atoms with Crippen LogP contribution in [0.1, 0.15) is 24.0 Å². The number of benzene rings is 1. The Balaban J connectivity index is 2.32. The normalized spacial score (nSPS) is 11.4. The molecule has 5 heteroatoms. The van der Waals surface area contributed by atoms with Crippen molar-refractivity contribution in [2.24, 2.45) is 7.05 Å². The lowest BCUT2D eigenvalue weighted by Crippen LogP contribution is -2.06. The molecule has 3 aromatic rings. The Bertz CT molecular complexity index is 785. The Morgan fingerprint density at radius 2 is 2.10 bits per heavy atom. The summed E-state index contributed by atoms with van der Waals surface area (Å²) in [6.45, 7) is 4.20. The summed E-state index contributed by atoms with van der Waals surface area (Å²) in [5.74, 6) is 1.55. The SMILES string of the molecule is CCc1nn(C)c2c1nc(CCCl)n2-c1cccc(C)c1. The number of fused-ring (bicyclic) bond motifs is 1. The second-order valence-corrected chi connectivity index (χ2v) is 5.62. The molecule has 0 saturated heterocycles. The van der Waals surface area contributed by atoms with Crippen LogP contribution in [0, 0.1) is 6.92 Å². The van der Waals surface area contributed by atoms with Crippen molar-refractivity contribution in [3.8, 4) is 5.69 Å². The minimum Gasteiger partial charge on any atom is -0.281 e. The number of hydrogen-bond acceptors (Lipinski definition) is 2. The van der Waals surface area contributed by atoms with Gasteiger partial charge in [0.1, 0.15) is 11.3 Å². The van der Waals surface area contributed by atoms with Crippen LogP contribution in [-0.4, -0.2) is 25.2 Å². The maximum Gasteiger partial charge on any atom is 0.163 e. The van der Waals surface area contributed by atoms with Crippen LogP contribution in [0.15, 0.2) is 24.3 Å². The highest BCUT2D eigenvalue weighted by Crippen LogP contribution is 2.25. The van der Waals surface area contributed by atoms with Crippen molar-refractivity contribution in [2.75, 3.05) is 5.88 Å². The average Bonchev–Trinajstić information content (AvgIpc) is 2.97. The monoisotopic (exact) mass is 302 g/mol. The maximum atomic E-state index is 5.96. The van der Waals surface area contributed by atoms with Crippen LogP contribution in [0.5, 0.6) is 0 Å². The third-order valence-corrected chi connectivity index (χ3v) is 3.87. The predicted molar refractivity (Wildman–Crippen MR) is 86.4 cm³/mol. The summed E-state index contributed by atoms with van der Waals surface area (Å²) in [6, 6.07) is 8.43. The molecule has 0 aliphatic carbocycles. The van der Waals surface area contributed by atoms with E-state index in [-0.39, 0.29) is 0 Å². The lowest BCUT2D eigenvalue weighted by atomic mass is 10.2. The first-order valence-electron chi connectivity index (χ1n) is 7.22. The molecule has 0 amide bonds. The van der Waals surface area contributed by atoms with Gasteiger partial charge in [-0.2, -0.15) is 5.10 Å². The van der Waals surface area contributed by atoms with E-state index in [1.807, 2.05) is 11.7 Å². The van der Waals surface area contributed by atoms with E-state index in [1.54, 1.807) is 0 Å². The molecule has 110 valence electrons. The molecule has 0 saturated carbocycles. The van der Waals surface area contributed by atoms with Crippen LogP contribution in [-0.2, 0) is 19.9 Å². The zero-order chi connectivity index (χ0) is 15.0. The van der Waals surface area contributed by atoms with Crippen molar-refractivity contribution >= 4 is 22.8 Å². The Kier molecular flexibility index (Phi) is 3.72. The van der Waals surface area contributed by atoms with Gasteiger partial charge in [-0.05, 0) is 31.0 Å². The van der Waals surface area contributed by atoms with E-state index in [9.17, 15) is 0 Å². The molecule has 0 atom stereocenters. The minimum absolute atomic E-state index is 0.560. The largest absolute Gasteiger partial charge is 0.281 e. The molecule has 2 heterocycles. The number of nitrogens with zero attached hydrogens (tertiary/aromatic N) is 4. The van der Waals surface area contributed by atoms with Gasteiger partial charge in [-0.1, -0.05) is 19.1 Å². The highest BCUT2D eigenvalue weighted by Gasteiger charge is 2.19. The molecule has 0 bridgehead atoms. The summed E-state index contributed by atoms with van der Waals surface area (Å²) in [5, 5.41) is 4.58. The molecule has 0 fully saturated rings. The minimum atomic E-state index is 0.560. The van der Waals surface area contributed by atoms with Gasteiger partial charge >= 0.3 is 0 Å². The van der Waals surface area contributed by atoms with Gasteiger partial charge in [0.05, 0.1) is 5.69 Å². The van der Waals surface area contributed by atoms with E-state index < -0.39 is 0 Å². The topological polar surface area (TPSA) is 35.6 Å². The molecular formula is C16H19ClN4. The number of alkyl halides is 1. The zero-order valence-corrected chi connectivity index (χ0v) is 13.4. The zero-order valence-electron chi connectivity index (χ0n) is 12.6. The molecule has 2 aromatic heterocycles. The van der Waals surface area contributed by atoms with E-state index in [2.05, 4.69) is 47.8 Å². The van der Waals surface area contributed by atoms with Gasteiger partial charge in [-0.25, -0.2) is 9.67 Å². The van der Waals surface area contributed by atoms with Crippen LogP contribution in [0.3, 0.4) is 0 Å². The Morgan fingerprint density at radius 1 is 1.29 bits per heavy atom. The summed E-state index contributed by atoms with van der Waals surface area (Å²) in [7, 11) is 1.97. The standard InChI is InChI=1S/C16H19ClN4/c1-4-13-15-16(20(3)19-13)21(14(18-15)8-9-17)12-7-5-6-11(2)10-12/h5-7,10H,4,8-9H2,1-3H3. The molecule has 0 aliphatic heterocycles. The fourth-order valence-electron chi connectivity index (χ4n) is 2.75. The van der Waals surface area contributed by atoms with Crippen LogP contribution in [0.4, 0.5) is 0 Å². The maximum absolute atomic E-state index is 5.96. The summed E-state index contributed by atoms with van der Waals surface area (Å²) >= 11 is 5.96. The van der Waals surface area contributed by atoms with E-state index in [4.69, 9.17) is 16.6 Å². The smallest absolute Gasteiger partial charge is 0.163 e. The van der Waals surface area contributed by atoms with E-state index in [1.165, 1.54) is 5.56 Å². The molecule has 0 N–H and O–H groups in total.